The predicted octanol–water partition coefficient (Wildman–Crippen LogP) is 0.389. The third-order valence-electron chi connectivity index (χ3n) is 5.12. The lowest BCUT2D eigenvalue weighted by Crippen LogP contribution is -2.42. The van der Waals surface area contributed by atoms with Crippen molar-refractivity contribution in [1.82, 2.24) is 14.9 Å². The van der Waals surface area contributed by atoms with Crippen LogP contribution in [0.5, 0.6) is 0 Å². The molecule has 3 aliphatic rings. The van der Waals surface area contributed by atoms with Crippen molar-refractivity contribution >= 4 is 16.0 Å². The Balaban J connectivity index is 1.59. The molecular formula is C16H30N4O3S. The number of ether oxygens (including phenoxy) is 1. The van der Waals surface area contributed by atoms with Crippen molar-refractivity contribution < 1.29 is 13.2 Å². The monoisotopic (exact) mass is 358 g/mol. The molecule has 3 rings (SSSR count). The molecule has 0 aromatic heterocycles. The molecule has 8 heteroatoms. The lowest BCUT2D eigenvalue weighted by atomic mass is 9.82. The van der Waals surface area contributed by atoms with Crippen molar-refractivity contribution in [2.75, 3.05) is 31.9 Å². The Hall–Kier alpha value is -0.860. The average molecular weight is 359 g/mol. The van der Waals surface area contributed by atoms with Crippen LogP contribution in [0.1, 0.15) is 33.6 Å². The zero-order chi connectivity index (χ0) is 17.3. The molecule has 0 amide bonds. The van der Waals surface area contributed by atoms with Crippen molar-refractivity contribution in [2.45, 2.75) is 51.9 Å². The number of guanidine groups is 1. The summed E-state index contributed by atoms with van der Waals surface area (Å²) in [5.74, 6) is 2.08. The van der Waals surface area contributed by atoms with Gasteiger partial charge in [-0.05, 0) is 33.6 Å². The van der Waals surface area contributed by atoms with E-state index in [1.54, 1.807) is 0 Å². The first-order valence-electron chi connectivity index (χ1n) is 9.08. The zero-order valence-electron chi connectivity index (χ0n) is 14.9. The summed E-state index contributed by atoms with van der Waals surface area (Å²) in [6, 6.07) is -0.0827. The van der Waals surface area contributed by atoms with Gasteiger partial charge in [-0.3, -0.25) is 4.99 Å². The van der Waals surface area contributed by atoms with Crippen LogP contribution in [-0.2, 0) is 14.8 Å². The fraction of sp³-hybridized carbons (Fsp3) is 0.938. The van der Waals surface area contributed by atoms with E-state index in [0.717, 1.165) is 25.6 Å². The highest BCUT2D eigenvalue weighted by Gasteiger charge is 2.53. The average Bonchev–Trinajstić information content (AvgIpc) is 3.17. The van der Waals surface area contributed by atoms with Crippen LogP contribution >= 0.6 is 0 Å². The molecule has 3 aliphatic heterocycles. The Morgan fingerprint density at radius 2 is 1.88 bits per heavy atom. The SMILES string of the molecule is CCNC(=NCCS(=O)(=O)NC(C)C)N1CC2C3CCC(O3)C2C1. The first-order chi connectivity index (χ1) is 11.4. The highest BCUT2D eigenvalue weighted by molar-refractivity contribution is 7.89. The number of hydrogen-bond donors (Lipinski definition) is 2. The number of nitrogens with one attached hydrogen (secondary N) is 2. The van der Waals surface area contributed by atoms with Crippen LogP contribution in [0, 0.1) is 11.8 Å². The largest absolute Gasteiger partial charge is 0.374 e. The molecule has 3 heterocycles. The maximum Gasteiger partial charge on any atom is 0.213 e. The minimum absolute atomic E-state index is 0.0229. The van der Waals surface area contributed by atoms with E-state index < -0.39 is 10.0 Å². The van der Waals surface area contributed by atoms with Gasteiger partial charge in [-0.2, -0.15) is 0 Å². The molecule has 3 fully saturated rings. The van der Waals surface area contributed by atoms with Gasteiger partial charge in [0.1, 0.15) is 0 Å². The van der Waals surface area contributed by atoms with Crippen LogP contribution in [0.25, 0.3) is 0 Å². The van der Waals surface area contributed by atoms with Crippen LogP contribution in [0.4, 0.5) is 0 Å². The van der Waals surface area contributed by atoms with E-state index in [4.69, 9.17) is 4.74 Å². The highest BCUT2D eigenvalue weighted by atomic mass is 32.2. The van der Waals surface area contributed by atoms with Gasteiger partial charge in [0.15, 0.2) is 5.96 Å². The second-order valence-electron chi connectivity index (χ2n) is 7.35. The summed E-state index contributed by atoms with van der Waals surface area (Å²) in [6.45, 7) is 8.68. The van der Waals surface area contributed by atoms with Gasteiger partial charge >= 0.3 is 0 Å². The van der Waals surface area contributed by atoms with Crippen molar-refractivity contribution in [2.24, 2.45) is 16.8 Å². The number of hydrogen-bond acceptors (Lipinski definition) is 4. The predicted molar refractivity (Wildman–Crippen MR) is 94.5 cm³/mol. The maximum absolute atomic E-state index is 11.9. The Kier molecular flexibility index (Phi) is 5.36. The Bertz CT molecular complexity index is 560. The second kappa shape index (κ2) is 7.17. The number of aliphatic imine (C=N–C) groups is 1. The number of sulfonamides is 1. The van der Waals surface area contributed by atoms with E-state index in [9.17, 15) is 8.42 Å². The number of rotatable bonds is 6. The smallest absolute Gasteiger partial charge is 0.213 e. The van der Waals surface area contributed by atoms with Crippen LogP contribution in [0.2, 0.25) is 0 Å². The molecule has 0 aromatic carbocycles. The molecule has 0 spiro atoms. The molecule has 7 nitrogen and oxygen atoms in total. The summed E-state index contributed by atoms with van der Waals surface area (Å²) < 4.78 is 32.5. The lowest BCUT2D eigenvalue weighted by Gasteiger charge is -2.23. The molecule has 2 bridgehead atoms. The van der Waals surface area contributed by atoms with E-state index in [2.05, 4.69) is 19.9 Å². The molecule has 2 N–H and O–H groups in total. The number of likely N-dealkylation sites (tertiary alicyclic amines) is 1. The van der Waals surface area contributed by atoms with Crippen LogP contribution in [0.3, 0.4) is 0 Å². The summed E-state index contributed by atoms with van der Waals surface area (Å²) in [7, 11) is -3.26. The van der Waals surface area contributed by atoms with Gasteiger partial charge in [0.25, 0.3) is 0 Å². The van der Waals surface area contributed by atoms with Gasteiger partial charge in [-0.15, -0.1) is 0 Å². The van der Waals surface area contributed by atoms with Gasteiger partial charge in [0.2, 0.25) is 10.0 Å². The standard InChI is InChI=1S/C16H30N4O3S/c1-4-17-16(18-7-8-24(21,22)19-11(2)3)20-9-12-13(10-20)15-6-5-14(12)23-15/h11-15,19H,4-10H2,1-3H3,(H,17,18). The van der Waals surface area contributed by atoms with Crippen LogP contribution in [0.15, 0.2) is 4.99 Å². The third kappa shape index (κ3) is 3.86. The molecule has 0 saturated carbocycles. The fourth-order valence-corrected chi connectivity index (χ4v) is 5.42. The van der Waals surface area contributed by atoms with Crippen LogP contribution < -0.4 is 10.0 Å². The summed E-state index contributed by atoms with van der Waals surface area (Å²) in [5, 5.41) is 3.31. The third-order valence-corrected chi connectivity index (χ3v) is 6.67. The van der Waals surface area contributed by atoms with Crippen molar-refractivity contribution in [1.29, 1.82) is 0 Å². The fourth-order valence-electron chi connectivity index (χ4n) is 4.25. The first kappa shape index (κ1) is 17.9. The molecular weight excluding hydrogens is 328 g/mol. The summed E-state index contributed by atoms with van der Waals surface area (Å²) in [6.07, 6.45) is 3.21. The zero-order valence-corrected chi connectivity index (χ0v) is 15.7. The highest BCUT2D eigenvalue weighted by Crippen LogP contribution is 2.47. The van der Waals surface area contributed by atoms with E-state index in [1.807, 2.05) is 20.8 Å². The van der Waals surface area contributed by atoms with E-state index in [1.165, 1.54) is 12.8 Å². The summed E-state index contributed by atoms with van der Waals surface area (Å²) >= 11 is 0. The molecule has 138 valence electrons. The minimum atomic E-state index is -3.26. The molecule has 0 aliphatic carbocycles. The van der Waals surface area contributed by atoms with Crippen LogP contribution in [-0.4, -0.2) is 69.5 Å². The molecule has 24 heavy (non-hydrogen) atoms. The van der Waals surface area contributed by atoms with Gasteiger partial charge in [0.05, 0.1) is 24.5 Å². The topological polar surface area (TPSA) is 83.0 Å². The summed E-state index contributed by atoms with van der Waals surface area (Å²) in [4.78, 5) is 6.84. The van der Waals surface area contributed by atoms with Gasteiger partial charge < -0.3 is 15.0 Å². The van der Waals surface area contributed by atoms with Gasteiger partial charge in [-0.25, -0.2) is 13.1 Å². The van der Waals surface area contributed by atoms with E-state index >= 15 is 0 Å². The van der Waals surface area contributed by atoms with Crippen molar-refractivity contribution in [3.05, 3.63) is 0 Å². The minimum Gasteiger partial charge on any atom is -0.374 e. The molecule has 0 radical (unpaired) electrons. The van der Waals surface area contributed by atoms with Crippen molar-refractivity contribution in [3.63, 3.8) is 0 Å². The maximum atomic E-state index is 11.9. The summed E-state index contributed by atoms with van der Waals surface area (Å²) in [5.41, 5.74) is 0. The molecule has 3 saturated heterocycles. The van der Waals surface area contributed by atoms with Gasteiger partial charge in [0, 0.05) is 37.5 Å². The Labute approximate surface area is 145 Å². The first-order valence-corrected chi connectivity index (χ1v) is 10.7. The number of fused-ring (bicyclic) bond motifs is 5. The number of nitrogens with zero attached hydrogens (tertiary/aromatic N) is 2. The van der Waals surface area contributed by atoms with E-state index in [0.29, 0.717) is 24.0 Å². The molecule has 4 unspecified atom stereocenters. The quantitative estimate of drug-likeness (QED) is 0.530. The Morgan fingerprint density at radius 1 is 1.25 bits per heavy atom. The Morgan fingerprint density at radius 3 is 2.42 bits per heavy atom. The lowest BCUT2D eigenvalue weighted by molar-refractivity contribution is 0.0767. The normalized spacial score (nSPS) is 32.7. The van der Waals surface area contributed by atoms with Crippen molar-refractivity contribution in [3.8, 4) is 0 Å². The molecule has 0 aromatic rings. The van der Waals surface area contributed by atoms with E-state index in [-0.39, 0.29) is 18.3 Å². The second-order valence-corrected chi connectivity index (χ2v) is 9.22. The molecule has 4 atom stereocenters. The van der Waals surface area contributed by atoms with Gasteiger partial charge in [-0.1, -0.05) is 0 Å².